The lowest BCUT2D eigenvalue weighted by molar-refractivity contribution is 0.192. The maximum Gasteiger partial charge on any atom is 0.230 e. The Balaban J connectivity index is 2.87. The fourth-order valence-corrected chi connectivity index (χ4v) is 3.57. The highest BCUT2D eigenvalue weighted by Gasteiger charge is 2.35. The van der Waals surface area contributed by atoms with Gasteiger partial charge in [-0.3, -0.25) is 0 Å². The summed E-state index contributed by atoms with van der Waals surface area (Å²) in [6.07, 6.45) is 3.05. The van der Waals surface area contributed by atoms with Crippen molar-refractivity contribution in [3.05, 3.63) is 0 Å². The van der Waals surface area contributed by atoms with E-state index >= 15 is 0 Å². The third-order valence-corrected chi connectivity index (χ3v) is 5.12. The lowest BCUT2D eigenvalue weighted by Crippen LogP contribution is -2.47. The van der Waals surface area contributed by atoms with Gasteiger partial charge in [-0.1, -0.05) is 6.42 Å². The molecular weight excluding hydrogens is 228 g/mol. The van der Waals surface area contributed by atoms with Crippen LogP contribution >= 0.6 is 0 Å². The zero-order chi connectivity index (χ0) is 12.2. The van der Waals surface area contributed by atoms with Gasteiger partial charge < -0.3 is 5.11 Å². The van der Waals surface area contributed by atoms with Gasteiger partial charge in [0.1, 0.15) is 0 Å². The van der Waals surface area contributed by atoms with E-state index in [4.69, 9.17) is 10.4 Å². The first-order valence-electron chi connectivity index (χ1n) is 5.55. The maximum atomic E-state index is 12.0. The van der Waals surface area contributed by atoms with Crippen LogP contribution in [0.4, 0.5) is 0 Å². The van der Waals surface area contributed by atoms with Crippen LogP contribution < -0.4 is 0 Å². The lowest BCUT2D eigenvalue weighted by Gasteiger charge is -2.35. The molecule has 0 aliphatic carbocycles. The molecule has 1 aliphatic heterocycles. The molecule has 0 saturated carbocycles. The van der Waals surface area contributed by atoms with Crippen LogP contribution in [0, 0.1) is 11.3 Å². The van der Waals surface area contributed by atoms with Crippen molar-refractivity contribution in [3.8, 4) is 6.07 Å². The highest BCUT2D eigenvalue weighted by Crippen LogP contribution is 2.24. The summed E-state index contributed by atoms with van der Waals surface area (Å²) in [6, 6.07) is 1.63. The van der Waals surface area contributed by atoms with Crippen molar-refractivity contribution in [1.29, 1.82) is 5.26 Å². The first kappa shape index (κ1) is 13.4. The normalized spacial score (nSPS) is 24.9. The number of hydrogen-bond donors (Lipinski definition) is 1. The summed E-state index contributed by atoms with van der Waals surface area (Å²) in [6.45, 7) is 1.86. The number of nitrogens with zero attached hydrogens (tertiary/aromatic N) is 2. The van der Waals surface area contributed by atoms with Gasteiger partial charge in [0, 0.05) is 19.2 Å². The highest BCUT2D eigenvalue weighted by atomic mass is 32.2. The standard InChI is InChI=1S/C10H18N2O3S/c1-9(8-11)16(14,15)12-6-3-2-4-10(12)5-7-13/h9-10,13H,2-7H2,1H3. The van der Waals surface area contributed by atoms with Gasteiger partial charge in [0.15, 0.2) is 5.25 Å². The second-order valence-corrected chi connectivity index (χ2v) is 6.29. The van der Waals surface area contributed by atoms with E-state index in [-0.39, 0.29) is 12.6 Å². The summed E-state index contributed by atoms with van der Waals surface area (Å²) >= 11 is 0. The molecule has 1 fully saturated rings. The second kappa shape index (κ2) is 5.62. The number of sulfonamides is 1. The fraction of sp³-hybridized carbons (Fsp3) is 0.900. The van der Waals surface area contributed by atoms with Crippen molar-refractivity contribution in [2.45, 2.75) is 43.9 Å². The first-order chi connectivity index (χ1) is 7.54. The van der Waals surface area contributed by atoms with Crippen molar-refractivity contribution in [1.82, 2.24) is 4.31 Å². The van der Waals surface area contributed by atoms with Crippen LogP contribution in [-0.2, 0) is 10.0 Å². The monoisotopic (exact) mass is 246 g/mol. The molecule has 5 nitrogen and oxygen atoms in total. The molecule has 2 atom stereocenters. The minimum Gasteiger partial charge on any atom is -0.396 e. The van der Waals surface area contributed by atoms with Crippen LogP contribution in [0.25, 0.3) is 0 Å². The number of nitriles is 1. The number of piperidine rings is 1. The number of aliphatic hydroxyl groups is 1. The molecule has 0 bridgehead atoms. The smallest absolute Gasteiger partial charge is 0.230 e. The average Bonchev–Trinajstić information content (AvgIpc) is 2.29. The van der Waals surface area contributed by atoms with Crippen molar-refractivity contribution < 1.29 is 13.5 Å². The van der Waals surface area contributed by atoms with Gasteiger partial charge in [-0.2, -0.15) is 9.57 Å². The van der Waals surface area contributed by atoms with Gasteiger partial charge in [0.25, 0.3) is 0 Å². The summed E-state index contributed by atoms with van der Waals surface area (Å²) in [5.74, 6) is 0. The van der Waals surface area contributed by atoms with Crippen molar-refractivity contribution in [2.24, 2.45) is 0 Å². The van der Waals surface area contributed by atoms with E-state index in [1.807, 2.05) is 0 Å². The molecular formula is C10H18N2O3S. The fourth-order valence-electron chi connectivity index (χ4n) is 2.02. The summed E-state index contributed by atoms with van der Waals surface area (Å²) in [4.78, 5) is 0. The number of hydrogen-bond acceptors (Lipinski definition) is 4. The predicted octanol–water partition coefficient (Wildman–Crippen LogP) is 0.465. The summed E-state index contributed by atoms with van der Waals surface area (Å²) in [5.41, 5.74) is 0. The van der Waals surface area contributed by atoms with Crippen LogP contribution in [0.1, 0.15) is 32.6 Å². The number of aliphatic hydroxyl groups excluding tert-OH is 1. The topological polar surface area (TPSA) is 81.4 Å². The molecule has 1 saturated heterocycles. The van der Waals surface area contributed by atoms with Crippen LogP contribution in [0.2, 0.25) is 0 Å². The van der Waals surface area contributed by atoms with E-state index in [2.05, 4.69) is 0 Å². The Morgan fingerprint density at radius 1 is 1.56 bits per heavy atom. The van der Waals surface area contributed by atoms with Crippen LogP contribution in [0.5, 0.6) is 0 Å². The van der Waals surface area contributed by atoms with Crippen molar-refractivity contribution in [3.63, 3.8) is 0 Å². The van der Waals surface area contributed by atoms with Crippen molar-refractivity contribution in [2.75, 3.05) is 13.2 Å². The molecule has 0 aromatic heterocycles. The van der Waals surface area contributed by atoms with Crippen LogP contribution in [0.3, 0.4) is 0 Å². The molecule has 92 valence electrons. The third kappa shape index (κ3) is 2.73. The van der Waals surface area contributed by atoms with Gasteiger partial charge in [-0.25, -0.2) is 8.42 Å². The largest absolute Gasteiger partial charge is 0.396 e. The summed E-state index contributed by atoms with van der Waals surface area (Å²) in [7, 11) is -3.52. The van der Waals surface area contributed by atoms with E-state index in [9.17, 15) is 8.42 Å². The first-order valence-corrected chi connectivity index (χ1v) is 7.05. The molecule has 0 amide bonds. The molecule has 16 heavy (non-hydrogen) atoms. The van der Waals surface area contributed by atoms with Gasteiger partial charge in [-0.05, 0) is 26.2 Å². The second-order valence-electron chi connectivity index (χ2n) is 4.09. The van der Waals surface area contributed by atoms with Gasteiger partial charge in [-0.15, -0.1) is 0 Å². The van der Waals surface area contributed by atoms with Gasteiger partial charge in [0.05, 0.1) is 6.07 Å². The Hall–Kier alpha value is -0.640. The maximum absolute atomic E-state index is 12.0. The minimum atomic E-state index is -3.52. The van der Waals surface area contributed by atoms with E-state index < -0.39 is 15.3 Å². The minimum absolute atomic E-state index is 0.0162. The molecule has 0 aromatic carbocycles. The molecule has 1 rings (SSSR count). The van der Waals surface area contributed by atoms with E-state index in [0.717, 1.165) is 19.3 Å². The molecule has 1 heterocycles. The quantitative estimate of drug-likeness (QED) is 0.781. The molecule has 1 N–H and O–H groups in total. The molecule has 0 aromatic rings. The number of rotatable bonds is 4. The van der Waals surface area contributed by atoms with Gasteiger partial charge in [0.2, 0.25) is 10.0 Å². The Bertz CT molecular complexity index is 359. The Labute approximate surface area is 96.7 Å². The summed E-state index contributed by atoms with van der Waals surface area (Å²) in [5, 5.41) is 16.6. The Morgan fingerprint density at radius 3 is 2.81 bits per heavy atom. The van der Waals surface area contributed by atoms with E-state index in [1.54, 1.807) is 6.07 Å². The molecule has 0 radical (unpaired) electrons. The summed E-state index contributed by atoms with van der Waals surface area (Å²) < 4.78 is 25.5. The van der Waals surface area contributed by atoms with E-state index in [1.165, 1.54) is 11.2 Å². The molecule has 2 unspecified atom stereocenters. The zero-order valence-electron chi connectivity index (χ0n) is 9.46. The zero-order valence-corrected chi connectivity index (χ0v) is 10.3. The van der Waals surface area contributed by atoms with Crippen LogP contribution in [-0.4, -0.2) is 42.3 Å². The predicted molar refractivity (Wildman–Crippen MR) is 60.0 cm³/mol. The molecule has 1 aliphatic rings. The van der Waals surface area contributed by atoms with Gasteiger partial charge >= 0.3 is 0 Å². The van der Waals surface area contributed by atoms with Crippen molar-refractivity contribution >= 4 is 10.0 Å². The Morgan fingerprint density at radius 2 is 2.25 bits per heavy atom. The lowest BCUT2D eigenvalue weighted by atomic mass is 10.0. The highest BCUT2D eigenvalue weighted by molar-refractivity contribution is 7.90. The SMILES string of the molecule is CC(C#N)S(=O)(=O)N1CCCCC1CCO. The van der Waals surface area contributed by atoms with E-state index in [0.29, 0.717) is 13.0 Å². The molecule has 6 heteroatoms. The Kier molecular flexibility index (Phi) is 4.71. The third-order valence-electron chi connectivity index (χ3n) is 2.99. The van der Waals surface area contributed by atoms with Crippen LogP contribution in [0.15, 0.2) is 0 Å². The molecule has 0 spiro atoms. The average molecular weight is 246 g/mol.